The number of nitrogens with zero attached hydrogens (tertiary/aromatic N) is 2. The molecule has 1 heterocycles. The fourth-order valence-electron chi connectivity index (χ4n) is 3.74. The highest BCUT2D eigenvalue weighted by Gasteiger charge is 2.30. The van der Waals surface area contributed by atoms with Crippen molar-refractivity contribution in [2.75, 3.05) is 33.7 Å². The van der Waals surface area contributed by atoms with E-state index in [1.165, 1.54) is 25.8 Å². The molecule has 2 fully saturated rings. The molecular formula is C16H30N2O. The second-order valence-corrected chi connectivity index (χ2v) is 6.71. The van der Waals surface area contributed by atoms with Gasteiger partial charge in [-0.1, -0.05) is 13.3 Å². The van der Waals surface area contributed by atoms with Gasteiger partial charge in [0.2, 0.25) is 0 Å². The van der Waals surface area contributed by atoms with E-state index < -0.39 is 0 Å². The van der Waals surface area contributed by atoms with Gasteiger partial charge in [0.05, 0.1) is 0 Å². The molecule has 2 aliphatic rings. The maximum atomic E-state index is 12.1. The van der Waals surface area contributed by atoms with E-state index in [0.29, 0.717) is 17.7 Å². The Morgan fingerprint density at radius 3 is 2.84 bits per heavy atom. The molecule has 0 aromatic rings. The van der Waals surface area contributed by atoms with E-state index in [1.807, 2.05) is 0 Å². The number of carbonyl (C=O) groups is 1. The summed E-state index contributed by atoms with van der Waals surface area (Å²) in [6, 6.07) is 0.647. The molecule has 0 spiro atoms. The third-order valence-electron chi connectivity index (χ3n) is 5.18. The zero-order valence-electron chi connectivity index (χ0n) is 12.9. The maximum Gasteiger partial charge on any atom is 0.137 e. The van der Waals surface area contributed by atoms with Gasteiger partial charge in [-0.3, -0.25) is 4.79 Å². The Morgan fingerprint density at radius 1 is 1.37 bits per heavy atom. The molecule has 2 rings (SSSR count). The van der Waals surface area contributed by atoms with Gasteiger partial charge in [-0.05, 0) is 52.2 Å². The standard InChI is InChI=1S/C16H30N2O/c1-4-13-7-8-16(19)14(10-13)11-18(3)15-6-5-9-17(2)12-15/h13-15H,4-12H2,1-3H3. The molecule has 1 saturated carbocycles. The minimum atomic E-state index is 0.302. The fraction of sp³-hybridized carbons (Fsp3) is 0.938. The number of likely N-dealkylation sites (N-methyl/N-ethyl adjacent to an activating group) is 2. The summed E-state index contributed by atoms with van der Waals surface area (Å²) in [5.74, 6) is 1.60. The Kier molecular flexibility index (Phi) is 5.40. The molecule has 3 unspecified atom stereocenters. The average Bonchev–Trinajstić information content (AvgIpc) is 2.41. The lowest BCUT2D eigenvalue weighted by molar-refractivity contribution is -0.126. The van der Waals surface area contributed by atoms with Crippen molar-refractivity contribution in [3.63, 3.8) is 0 Å². The highest BCUT2D eigenvalue weighted by atomic mass is 16.1. The predicted molar refractivity (Wildman–Crippen MR) is 79.3 cm³/mol. The van der Waals surface area contributed by atoms with Crippen LogP contribution in [0.4, 0.5) is 0 Å². The molecule has 0 aromatic heterocycles. The van der Waals surface area contributed by atoms with E-state index in [4.69, 9.17) is 0 Å². The van der Waals surface area contributed by atoms with Crippen LogP contribution in [-0.2, 0) is 4.79 Å². The van der Waals surface area contributed by atoms with Crippen molar-refractivity contribution in [2.45, 2.75) is 51.5 Å². The van der Waals surface area contributed by atoms with Crippen LogP contribution in [0.1, 0.15) is 45.4 Å². The Labute approximate surface area is 118 Å². The summed E-state index contributed by atoms with van der Waals surface area (Å²) in [4.78, 5) is 17.0. The molecule has 0 aromatic carbocycles. The number of hydrogen-bond donors (Lipinski definition) is 0. The van der Waals surface area contributed by atoms with Crippen LogP contribution < -0.4 is 0 Å². The highest BCUT2D eigenvalue weighted by Crippen LogP contribution is 2.29. The fourth-order valence-corrected chi connectivity index (χ4v) is 3.74. The summed E-state index contributed by atoms with van der Waals surface area (Å²) in [6.45, 7) is 5.63. The van der Waals surface area contributed by atoms with Crippen molar-refractivity contribution < 1.29 is 4.79 Å². The number of hydrogen-bond acceptors (Lipinski definition) is 3. The lowest BCUT2D eigenvalue weighted by Crippen LogP contribution is -2.47. The number of likely N-dealkylation sites (tertiary alicyclic amines) is 1. The molecule has 1 aliphatic carbocycles. The van der Waals surface area contributed by atoms with Crippen molar-refractivity contribution in [1.29, 1.82) is 0 Å². The van der Waals surface area contributed by atoms with E-state index in [1.54, 1.807) is 0 Å². The molecule has 1 saturated heterocycles. The minimum Gasteiger partial charge on any atom is -0.305 e. The second-order valence-electron chi connectivity index (χ2n) is 6.71. The van der Waals surface area contributed by atoms with E-state index in [2.05, 4.69) is 30.8 Å². The first-order valence-corrected chi connectivity index (χ1v) is 8.01. The van der Waals surface area contributed by atoms with Crippen molar-refractivity contribution in [2.24, 2.45) is 11.8 Å². The number of ketones is 1. The van der Waals surface area contributed by atoms with Gasteiger partial charge < -0.3 is 9.80 Å². The van der Waals surface area contributed by atoms with Gasteiger partial charge in [-0.15, -0.1) is 0 Å². The lowest BCUT2D eigenvalue weighted by Gasteiger charge is -2.38. The molecule has 0 amide bonds. The van der Waals surface area contributed by atoms with E-state index >= 15 is 0 Å². The van der Waals surface area contributed by atoms with Crippen LogP contribution in [0.15, 0.2) is 0 Å². The summed E-state index contributed by atoms with van der Waals surface area (Å²) in [5, 5.41) is 0. The molecule has 19 heavy (non-hydrogen) atoms. The third-order valence-corrected chi connectivity index (χ3v) is 5.18. The maximum absolute atomic E-state index is 12.1. The Balaban J connectivity index is 1.86. The Bertz CT molecular complexity index is 305. The Morgan fingerprint density at radius 2 is 2.16 bits per heavy atom. The van der Waals surface area contributed by atoms with Crippen LogP contribution in [0.2, 0.25) is 0 Å². The molecule has 0 radical (unpaired) electrons. The molecule has 0 N–H and O–H groups in total. The first kappa shape index (κ1) is 15.0. The molecule has 3 atom stereocenters. The zero-order chi connectivity index (χ0) is 13.8. The number of rotatable bonds is 4. The van der Waals surface area contributed by atoms with E-state index in [-0.39, 0.29) is 0 Å². The number of Topliss-reactive ketones (excluding diaryl/α,β-unsaturated/α-hetero) is 1. The molecule has 110 valence electrons. The lowest BCUT2D eigenvalue weighted by atomic mass is 9.79. The second kappa shape index (κ2) is 6.85. The molecular weight excluding hydrogens is 236 g/mol. The first-order chi connectivity index (χ1) is 9.10. The molecule has 0 bridgehead atoms. The monoisotopic (exact) mass is 266 g/mol. The summed E-state index contributed by atoms with van der Waals surface area (Å²) in [6.07, 6.45) is 6.89. The van der Waals surface area contributed by atoms with E-state index in [0.717, 1.165) is 38.3 Å². The SMILES string of the molecule is CCC1CCC(=O)C(CN(C)C2CCCN(C)C2)C1. The first-order valence-electron chi connectivity index (χ1n) is 8.01. The summed E-state index contributed by atoms with van der Waals surface area (Å²) in [7, 11) is 4.42. The quantitative estimate of drug-likeness (QED) is 0.781. The van der Waals surface area contributed by atoms with Gasteiger partial charge in [-0.2, -0.15) is 0 Å². The molecule has 3 nitrogen and oxygen atoms in total. The van der Waals surface area contributed by atoms with Crippen LogP contribution in [0.3, 0.4) is 0 Å². The molecule has 1 aliphatic heterocycles. The number of carbonyl (C=O) groups excluding carboxylic acids is 1. The highest BCUT2D eigenvalue weighted by molar-refractivity contribution is 5.81. The van der Waals surface area contributed by atoms with Gasteiger partial charge in [0, 0.05) is 31.5 Å². The smallest absolute Gasteiger partial charge is 0.137 e. The summed E-state index contributed by atoms with van der Waals surface area (Å²) in [5.41, 5.74) is 0. The van der Waals surface area contributed by atoms with Crippen molar-refractivity contribution in [3.05, 3.63) is 0 Å². The Hall–Kier alpha value is -0.410. The predicted octanol–water partition coefficient (Wildman–Crippen LogP) is 2.41. The van der Waals surface area contributed by atoms with E-state index in [9.17, 15) is 4.79 Å². The topological polar surface area (TPSA) is 23.6 Å². The number of piperidine rings is 1. The summed E-state index contributed by atoms with van der Waals surface area (Å²) < 4.78 is 0. The van der Waals surface area contributed by atoms with Gasteiger partial charge in [0.25, 0.3) is 0 Å². The normalized spacial score (nSPS) is 33.9. The van der Waals surface area contributed by atoms with Crippen LogP contribution in [0.5, 0.6) is 0 Å². The van der Waals surface area contributed by atoms with Gasteiger partial charge in [0.15, 0.2) is 0 Å². The van der Waals surface area contributed by atoms with Crippen molar-refractivity contribution in [1.82, 2.24) is 9.80 Å². The van der Waals surface area contributed by atoms with Crippen molar-refractivity contribution in [3.8, 4) is 0 Å². The van der Waals surface area contributed by atoms with Gasteiger partial charge in [0.1, 0.15) is 5.78 Å². The van der Waals surface area contributed by atoms with Crippen LogP contribution >= 0.6 is 0 Å². The molecule has 3 heteroatoms. The van der Waals surface area contributed by atoms with Gasteiger partial charge in [-0.25, -0.2) is 0 Å². The summed E-state index contributed by atoms with van der Waals surface area (Å²) >= 11 is 0. The van der Waals surface area contributed by atoms with Crippen molar-refractivity contribution >= 4 is 5.78 Å². The zero-order valence-corrected chi connectivity index (χ0v) is 12.9. The average molecular weight is 266 g/mol. The largest absolute Gasteiger partial charge is 0.305 e. The van der Waals surface area contributed by atoms with Crippen LogP contribution in [-0.4, -0.2) is 55.4 Å². The van der Waals surface area contributed by atoms with Crippen LogP contribution in [0.25, 0.3) is 0 Å². The third kappa shape index (κ3) is 4.03. The van der Waals surface area contributed by atoms with Gasteiger partial charge >= 0.3 is 0 Å². The minimum absolute atomic E-state index is 0.302. The van der Waals surface area contributed by atoms with Crippen LogP contribution in [0, 0.1) is 11.8 Å².